The maximum Gasteiger partial charge on any atom is 0.274 e. The van der Waals surface area contributed by atoms with E-state index in [1.807, 2.05) is 20.0 Å². The number of nitrogens with zero attached hydrogens (tertiary/aromatic N) is 4. The summed E-state index contributed by atoms with van der Waals surface area (Å²) in [5.41, 5.74) is 1.33. The Kier molecular flexibility index (Phi) is 3.98. The second-order valence-electron chi connectivity index (χ2n) is 5.81. The molecule has 118 valence electrons. The van der Waals surface area contributed by atoms with E-state index in [-0.39, 0.29) is 17.9 Å². The van der Waals surface area contributed by atoms with Crippen LogP contribution in [0.4, 0.5) is 0 Å². The van der Waals surface area contributed by atoms with Crippen molar-refractivity contribution in [2.24, 2.45) is 13.0 Å². The molecule has 22 heavy (non-hydrogen) atoms. The third-order valence-electron chi connectivity index (χ3n) is 4.04. The molecule has 0 N–H and O–H groups in total. The summed E-state index contributed by atoms with van der Waals surface area (Å²) in [5, 5.41) is 3.90. The Morgan fingerprint density at radius 2 is 2.32 bits per heavy atom. The number of likely N-dealkylation sites (tertiary alicyclic amines) is 1. The van der Waals surface area contributed by atoms with E-state index in [0.29, 0.717) is 25.2 Å². The first-order valence-corrected chi connectivity index (χ1v) is 7.29. The molecule has 0 aromatic carbocycles. The molecule has 2 atom stereocenters. The second-order valence-corrected chi connectivity index (χ2v) is 5.81. The third-order valence-corrected chi connectivity index (χ3v) is 4.04. The highest BCUT2D eigenvalue weighted by atomic mass is 16.5. The van der Waals surface area contributed by atoms with Crippen molar-refractivity contribution in [1.82, 2.24) is 19.6 Å². The van der Waals surface area contributed by atoms with Gasteiger partial charge >= 0.3 is 0 Å². The number of methoxy groups -OCH3 is 1. The maximum atomic E-state index is 12.5. The van der Waals surface area contributed by atoms with Crippen molar-refractivity contribution in [3.8, 4) is 0 Å². The van der Waals surface area contributed by atoms with Crippen molar-refractivity contribution in [2.45, 2.75) is 19.4 Å². The first kappa shape index (κ1) is 14.8. The van der Waals surface area contributed by atoms with E-state index in [2.05, 4.69) is 10.1 Å². The predicted octanol–water partition coefficient (Wildman–Crippen LogP) is 1.05. The van der Waals surface area contributed by atoms with Gasteiger partial charge in [0.05, 0.1) is 18.1 Å². The zero-order valence-electron chi connectivity index (χ0n) is 13.0. The van der Waals surface area contributed by atoms with Crippen molar-refractivity contribution in [2.75, 3.05) is 20.2 Å². The van der Waals surface area contributed by atoms with Crippen molar-refractivity contribution in [3.05, 3.63) is 35.7 Å². The molecule has 0 unspecified atom stereocenters. The van der Waals surface area contributed by atoms with Gasteiger partial charge < -0.3 is 18.7 Å². The molecule has 1 aliphatic heterocycles. The highest BCUT2D eigenvalue weighted by Gasteiger charge is 2.36. The van der Waals surface area contributed by atoms with Crippen LogP contribution < -0.4 is 0 Å². The average molecular weight is 304 g/mol. The smallest absolute Gasteiger partial charge is 0.274 e. The van der Waals surface area contributed by atoms with Gasteiger partial charge in [-0.05, 0) is 6.92 Å². The van der Waals surface area contributed by atoms with Crippen molar-refractivity contribution >= 4 is 5.91 Å². The number of rotatable bonds is 4. The van der Waals surface area contributed by atoms with E-state index >= 15 is 0 Å². The zero-order chi connectivity index (χ0) is 15.7. The van der Waals surface area contributed by atoms with Gasteiger partial charge in [0.25, 0.3) is 5.91 Å². The van der Waals surface area contributed by atoms with Gasteiger partial charge in [-0.15, -0.1) is 0 Å². The summed E-state index contributed by atoms with van der Waals surface area (Å²) in [6.07, 6.45) is 4.08. The highest BCUT2D eigenvalue weighted by Crippen LogP contribution is 2.25. The molecule has 0 bridgehead atoms. The van der Waals surface area contributed by atoms with Gasteiger partial charge in [-0.3, -0.25) is 4.79 Å². The number of hydrogen-bond donors (Lipinski definition) is 0. The van der Waals surface area contributed by atoms with Crippen LogP contribution in [-0.4, -0.2) is 51.8 Å². The van der Waals surface area contributed by atoms with Crippen LogP contribution in [0.5, 0.6) is 0 Å². The van der Waals surface area contributed by atoms with E-state index in [1.165, 1.54) is 0 Å². The highest BCUT2D eigenvalue weighted by molar-refractivity contribution is 5.92. The van der Waals surface area contributed by atoms with Gasteiger partial charge in [-0.2, -0.15) is 0 Å². The van der Waals surface area contributed by atoms with E-state index in [1.54, 1.807) is 29.1 Å². The molecule has 7 nitrogen and oxygen atoms in total. The molecule has 0 spiro atoms. The Hall–Kier alpha value is -2.15. The number of hydrogen-bond acceptors (Lipinski definition) is 5. The number of aromatic nitrogens is 3. The molecule has 1 amide bonds. The largest absolute Gasteiger partial charge is 0.379 e. The van der Waals surface area contributed by atoms with Crippen LogP contribution in [0.3, 0.4) is 0 Å². The molecule has 7 heteroatoms. The standard InChI is InChI=1S/C15H20N4O3/c1-10-4-12(22-17-10)5-11-6-19(8-14(11)21-3)15(20)13-7-18(2)9-16-13/h4,7,9,11,14H,5-6,8H2,1-3H3/t11-,14+/m1/s1. The predicted molar refractivity (Wildman–Crippen MR) is 78.3 cm³/mol. The van der Waals surface area contributed by atoms with Crippen molar-refractivity contribution < 1.29 is 14.1 Å². The lowest BCUT2D eigenvalue weighted by Gasteiger charge is -2.14. The van der Waals surface area contributed by atoms with Crippen LogP contribution in [0.25, 0.3) is 0 Å². The molecule has 1 aliphatic rings. The summed E-state index contributed by atoms with van der Waals surface area (Å²) >= 11 is 0. The lowest BCUT2D eigenvalue weighted by molar-refractivity contribution is 0.0669. The minimum Gasteiger partial charge on any atom is -0.379 e. The fourth-order valence-electron chi connectivity index (χ4n) is 2.93. The molecular formula is C15H20N4O3. The SMILES string of the molecule is CO[C@H]1CN(C(=O)c2cn(C)cn2)C[C@H]1Cc1cc(C)no1. The van der Waals surface area contributed by atoms with Gasteiger partial charge in [0.15, 0.2) is 0 Å². The topological polar surface area (TPSA) is 73.4 Å². The van der Waals surface area contributed by atoms with E-state index < -0.39 is 0 Å². The molecule has 2 aromatic rings. The zero-order valence-corrected chi connectivity index (χ0v) is 13.0. The molecule has 1 fully saturated rings. The lowest BCUT2D eigenvalue weighted by atomic mass is 10.0. The average Bonchev–Trinajstić information content (AvgIpc) is 3.19. The van der Waals surface area contributed by atoms with E-state index in [4.69, 9.17) is 9.26 Å². The summed E-state index contributed by atoms with van der Waals surface area (Å²) in [6, 6.07) is 1.93. The van der Waals surface area contributed by atoms with Crippen LogP contribution in [0, 0.1) is 12.8 Å². The Labute approximate surface area is 128 Å². The number of ether oxygens (including phenoxy) is 1. The Morgan fingerprint density at radius 1 is 1.50 bits per heavy atom. The summed E-state index contributed by atoms with van der Waals surface area (Å²) in [6.45, 7) is 3.10. The molecule has 2 aromatic heterocycles. The molecule has 0 aliphatic carbocycles. The second kappa shape index (κ2) is 5.92. The quantitative estimate of drug-likeness (QED) is 0.844. The molecule has 0 saturated carbocycles. The summed E-state index contributed by atoms with van der Waals surface area (Å²) in [4.78, 5) is 18.4. The van der Waals surface area contributed by atoms with Gasteiger partial charge in [-0.1, -0.05) is 5.16 Å². The summed E-state index contributed by atoms with van der Waals surface area (Å²) in [7, 11) is 3.53. The number of imidazole rings is 1. The lowest BCUT2D eigenvalue weighted by Crippen LogP contribution is -2.30. The number of aryl methyl sites for hydroxylation is 2. The molecule has 1 saturated heterocycles. The van der Waals surface area contributed by atoms with Crippen LogP contribution in [-0.2, 0) is 18.2 Å². The summed E-state index contributed by atoms with van der Waals surface area (Å²) < 4.78 is 12.6. The Morgan fingerprint density at radius 3 is 2.91 bits per heavy atom. The van der Waals surface area contributed by atoms with Gasteiger partial charge in [-0.25, -0.2) is 4.98 Å². The van der Waals surface area contributed by atoms with Crippen LogP contribution in [0.1, 0.15) is 21.9 Å². The molecule has 0 radical (unpaired) electrons. The van der Waals surface area contributed by atoms with Crippen LogP contribution in [0.2, 0.25) is 0 Å². The number of amides is 1. The fraction of sp³-hybridized carbons (Fsp3) is 0.533. The third kappa shape index (κ3) is 2.89. The fourth-order valence-corrected chi connectivity index (χ4v) is 2.93. The molecular weight excluding hydrogens is 284 g/mol. The maximum absolute atomic E-state index is 12.5. The van der Waals surface area contributed by atoms with Gasteiger partial charge in [0.2, 0.25) is 0 Å². The first-order valence-electron chi connectivity index (χ1n) is 7.29. The van der Waals surface area contributed by atoms with Crippen LogP contribution >= 0.6 is 0 Å². The van der Waals surface area contributed by atoms with E-state index in [9.17, 15) is 4.79 Å². The number of carbonyl (C=O) groups is 1. The van der Waals surface area contributed by atoms with Crippen molar-refractivity contribution in [3.63, 3.8) is 0 Å². The minimum absolute atomic E-state index is 0.00179. The van der Waals surface area contributed by atoms with Crippen molar-refractivity contribution in [1.29, 1.82) is 0 Å². The summed E-state index contributed by atoms with van der Waals surface area (Å²) in [5.74, 6) is 0.973. The normalized spacial score (nSPS) is 21.5. The Balaban J connectivity index is 1.70. The van der Waals surface area contributed by atoms with Gasteiger partial charge in [0, 0.05) is 51.8 Å². The molecule has 3 rings (SSSR count). The first-order chi connectivity index (χ1) is 10.6. The number of carbonyl (C=O) groups excluding carboxylic acids is 1. The minimum atomic E-state index is -0.0566. The Bertz CT molecular complexity index is 663. The van der Waals surface area contributed by atoms with E-state index in [0.717, 1.165) is 11.5 Å². The van der Waals surface area contributed by atoms with Crippen LogP contribution in [0.15, 0.2) is 23.1 Å². The van der Waals surface area contributed by atoms with Gasteiger partial charge in [0.1, 0.15) is 11.5 Å². The molecule has 3 heterocycles. The monoisotopic (exact) mass is 304 g/mol.